The Morgan fingerprint density at radius 1 is 1.15 bits per heavy atom. The van der Waals surface area contributed by atoms with Crippen molar-refractivity contribution in [3.8, 4) is 5.75 Å². The zero-order valence-electron chi connectivity index (χ0n) is 11.2. The molecular weight excluding hydrogens is 431 g/mol. The van der Waals surface area contributed by atoms with E-state index in [-0.39, 0.29) is 6.10 Å². The fraction of sp³-hybridized carbons (Fsp3) is 0.250. The summed E-state index contributed by atoms with van der Waals surface area (Å²) in [6.07, 6.45) is 0.0738. The number of benzene rings is 2. The molecule has 0 spiro atoms. The van der Waals surface area contributed by atoms with Gasteiger partial charge in [0, 0.05) is 8.90 Å². The third-order valence-corrected chi connectivity index (χ3v) is 4.24. The van der Waals surface area contributed by atoms with Crippen LogP contribution < -0.4 is 4.74 Å². The van der Waals surface area contributed by atoms with E-state index in [2.05, 4.69) is 56.7 Å². The molecule has 0 fully saturated rings. The van der Waals surface area contributed by atoms with Gasteiger partial charge in [-0.1, -0.05) is 62.8 Å². The van der Waals surface area contributed by atoms with Gasteiger partial charge >= 0.3 is 0 Å². The van der Waals surface area contributed by atoms with Crippen LogP contribution in [0.5, 0.6) is 5.75 Å². The summed E-state index contributed by atoms with van der Waals surface area (Å²) >= 11 is 5.83. The molecule has 1 atom stereocenters. The lowest BCUT2D eigenvalue weighted by Crippen LogP contribution is -2.06. The van der Waals surface area contributed by atoms with E-state index in [9.17, 15) is 0 Å². The van der Waals surface area contributed by atoms with Crippen LogP contribution in [0.15, 0.2) is 53.0 Å². The van der Waals surface area contributed by atoms with Gasteiger partial charge in [0.1, 0.15) is 5.75 Å². The van der Waals surface area contributed by atoms with Crippen LogP contribution in [0.1, 0.15) is 17.2 Å². The number of hydrogen-bond donors (Lipinski definition) is 0. The van der Waals surface area contributed by atoms with E-state index < -0.39 is 0 Å². The molecule has 0 radical (unpaired) electrons. The fourth-order valence-corrected chi connectivity index (χ4v) is 3.10. The lowest BCUT2D eigenvalue weighted by Gasteiger charge is -2.17. The molecule has 1 unspecified atom stereocenters. The lowest BCUT2D eigenvalue weighted by molar-refractivity contribution is 0.0575. The molecule has 0 saturated carbocycles. The van der Waals surface area contributed by atoms with Crippen molar-refractivity contribution < 1.29 is 9.47 Å². The van der Waals surface area contributed by atoms with Crippen LogP contribution >= 0.6 is 38.5 Å². The smallest absolute Gasteiger partial charge is 0.119 e. The average molecular weight is 447 g/mol. The van der Waals surface area contributed by atoms with Gasteiger partial charge in [0.15, 0.2) is 0 Å². The lowest BCUT2D eigenvalue weighted by atomic mass is 10.1. The van der Waals surface area contributed by atoms with Gasteiger partial charge < -0.3 is 9.47 Å². The predicted molar refractivity (Wildman–Crippen MR) is 93.6 cm³/mol. The molecule has 0 aliphatic carbocycles. The summed E-state index contributed by atoms with van der Waals surface area (Å²) in [4.78, 5) is 0. The number of ether oxygens (including phenoxy) is 2. The van der Waals surface area contributed by atoms with E-state index in [4.69, 9.17) is 9.47 Å². The molecule has 0 aliphatic heterocycles. The third kappa shape index (κ3) is 4.46. The first-order chi connectivity index (χ1) is 9.72. The molecule has 106 valence electrons. The highest BCUT2D eigenvalue weighted by Crippen LogP contribution is 2.25. The second kappa shape index (κ2) is 8.00. The van der Waals surface area contributed by atoms with Gasteiger partial charge in [0.25, 0.3) is 0 Å². The molecule has 4 heteroatoms. The number of halogens is 2. The van der Waals surface area contributed by atoms with Crippen molar-refractivity contribution in [3.05, 3.63) is 64.1 Å². The second-order valence-electron chi connectivity index (χ2n) is 4.36. The van der Waals surface area contributed by atoms with Crippen LogP contribution in [-0.4, -0.2) is 11.5 Å². The Labute approximate surface area is 141 Å². The van der Waals surface area contributed by atoms with E-state index >= 15 is 0 Å². The zero-order chi connectivity index (χ0) is 14.4. The summed E-state index contributed by atoms with van der Waals surface area (Å²) in [6, 6.07) is 16.2. The maximum Gasteiger partial charge on any atom is 0.119 e. The molecule has 0 heterocycles. The highest BCUT2D eigenvalue weighted by molar-refractivity contribution is 14.1. The van der Waals surface area contributed by atoms with Crippen molar-refractivity contribution in [3.63, 3.8) is 0 Å². The maximum atomic E-state index is 6.03. The van der Waals surface area contributed by atoms with E-state index in [1.54, 1.807) is 7.11 Å². The quantitative estimate of drug-likeness (QED) is 0.451. The first-order valence-electron chi connectivity index (χ1n) is 6.29. The Morgan fingerprint density at radius 2 is 1.95 bits per heavy atom. The standard InChI is InChI=1S/C16H16BrIO2/c1-19-15-7-3-5-13(9-15)16(10-18)20-11-12-4-2-6-14(17)8-12/h2-9,16H,10-11H2,1H3. The first kappa shape index (κ1) is 15.8. The van der Waals surface area contributed by atoms with Crippen molar-refractivity contribution in [1.29, 1.82) is 0 Å². The molecule has 2 nitrogen and oxygen atoms in total. The number of alkyl halides is 1. The molecule has 0 aliphatic rings. The molecule has 0 saturated heterocycles. The van der Waals surface area contributed by atoms with Gasteiger partial charge in [-0.3, -0.25) is 0 Å². The molecular formula is C16H16BrIO2. The van der Waals surface area contributed by atoms with Gasteiger partial charge in [-0.25, -0.2) is 0 Å². The molecule has 0 bridgehead atoms. The minimum atomic E-state index is 0.0738. The average Bonchev–Trinajstić information content (AvgIpc) is 2.48. The van der Waals surface area contributed by atoms with Crippen LogP contribution in [0, 0.1) is 0 Å². The molecule has 0 N–H and O–H groups in total. The van der Waals surface area contributed by atoms with Gasteiger partial charge in [0.05, 0.1) is 19.8 Å². The summed E-state index contributed by atoms with van der Waals surface area (Å²) in [7, 11) is 1.68. The highest BCUT2D eigenvalue weighted by Gasteiger charge is 2.11. The van der Waals surface area contributed by atoms with Crippen molar-refractivity contribution in [2.45, 2.75) is 12.7 Å². The summed E-state index contributed by atoms with van der Waals surface area (Å²) in [5.41, 5.74) is 2.31. The van der Waals surface area contributed by atoms with Crippen molar-refractivity contribution in [2.24, 2.45) is 0 Å². The van der Waals surface area contributed by atoms with Gasteiger partial charge in [-0.15, -0.1) is 0 Å². The summed E-state index contributed by atoms with van der Waals surface area (Å²) in [6.45, 7) is 0.602. The first-order valence-corrected chi connectivity index (χ1v) is 8.60. The monoisotopic (exact) mass is 446 g/mol. The minimum Gasteiger partial charge on any atom is -0.497 e. The summed E-state index contributed by atoms with van der Waals surface area (Å²) in [5.74, 6) is 0.864. The molecule has 20 heavy (non-hydrogen) atoms. The Bertz CT molecular complexity index is 560. The minimum absolute atomic E-state index is 0.0738. The van der Waals surface area contributed by atoms with Crippen LogP contribution in [0.25, 0.3) is 0 Å². The fourth-order valence-electron chi connectivity index (χ4n) is 1.90. The number of methoxy groups -OCH3 is 1. The summed E-state index contributed by atoms with van der Waals surface area (Å²) in [5, 5.41) is 0. The van der Waals surface area contributed by atoms with Gasteiger partial charge in [-0.2, -0.15) is 0 Å². The largest absolute Gasteiger partial charge is 0.497 e. The van der Waals surface area contributed by atoms with Crippen LogP contribution in [0.2, 0.25) is 0 Å². The molecule has 2 aromatic carbocycles. The molecule has 2 aromatic rings. The Morgan fingerprint density at radius 3 is 2.65 bits per heavy atom. The normalized spacial score (nSPS) is 12.2. The topological polar surface area (TPSA) is 18.5 Å². The maximum absolute atomic E-state index is 6.03. The number of rotatable bonds is 6. The van der Waals surface area contributed by atoms with Crippen LogP contribution in [0.4, 0.5) is 0 Å². The van der Waals surface area contributed by atoms with Crippen molar-refractivity contribution in [2.75, 3.05) is 11.5 Å². The highest BCUT2D eigenvalue weighted by atomic mass is 127. The van der Waals surface area contributed by atoms with Crippen LogP contribution in [-0.2, 0) is 11.3 Å². The Hall–Kier alpha value is -0.590. The van der Waals surface area contributed by atoms with Gasteiger partial charge in [0.2, 0.25) is 0 Å². The molecule has 2 rings (SSSR count). The zero-order valence-corrected chi connectivity index (χ0v) is 14.9. The predicted octanol–water partition coefficient (Wildman–Crippen LogP) is 5.15. The van der Waals surface area contributed by atoms with E-state index in [1.807, 2.05) is 30.3 Å². The molecule has 0 aromatic heterocycles. The Kier molecular flexibility index (Phi) is 6.32. The SMILES string of the molecule is COc1cccc(C(CI)OCc2cccc(Br)c2)c1. The van der Waals surface area contributed by atoms with E-state index in [0.717, 1.165) is 25.8 Å². The number of hydrogen-bond acceptors (Lipinski definition) is 2. The van der Waals surface area contributed by atoms with Crippen molar-refractivity contribution in [1.82, 2.24) is 0 Å². The second-order valence-corrected chi connectivity index (χ2v) is 6.16. The Balaban J connectivity index is 2.05. The van der Waals surface area contributed by atoms with Crippen LogP contribution in [0.3, 0.4) is 0 Å². The van der Waals surface area contributed by atoms with Crippen molar-refractivity contribution >= 4 is 38.5 Å². The van der Waals surface area contributed by atoms with E-state index in [1.165, 1.54) is 0 Å². The van der Waals surface area contributed by atoms with Gasteiger partial charge in [-0.05, 0) is 35.4 Å². The summed E-state index contributed by atoms with van der Waals surface area (Å²) < 4.78 is 13.3. The third-order valence-electron chi connectivity index (χ3n) is 2.95. The molecule has 0 amide bonds. The van der Waals surface area contributed by atoms with E-state index in [0.29, 0.717) is 6.61 Å².